The van der Waals surface area contributed by atoms with Gasteiger partial charge in [-0.25, -0.2) is 0 Å². The third-order valence-electron chi connectivity index (χ3n) is 2.88. The van der Waals surface area contributed by atoms with Crippen molar-refractivity contribution in [1.82, 2.24) is 0 Å². The Morgan fingerprint density at radius 3 is 2.94 bits per heavy atom. The molecular weight excluding hydrogens is 252 g/mol. The summed E-state index contributed by atoms with van der Waals surface area (Å²) >= 11 is 5.97. The number of nitrogens with one attached hydrogen (secondary N) is 1. The van der Waals surface area contributed by atoms with E-state index in [0.717, 1.165) is 6.42 Å². The van der Waals surface area contributed by atoms with E-state index in [0.29, 0.717) is 22.7 Å². The molecule has 1 aliphatic heterocycles. The molecule has 1 saturated heterocycles. The second-order valence-electron chi connectivity index (χ2n) is 4.31. The van der Waals surface area contributed by atoms with E-state index in [1.54, 1.807) is 18.2 Å². The molecule has 0 radical (unpaired) electrons. The predicted octanol–water partition coefficient (Wildman–Crippen LogP) is 2.72. The number of halogens is 1. The molecule has 94 valence electrons. The van der Waals surface area contributed by atoms with Crippen LogP contribution in [0, 0.1) is 11.3 Å². The molecule has 2 unspecified atom stereocenters. The third-order valence-corrected chi connectivity index (χ3v) is 3.21. The van der Waals surface area contributed by atoms with E-state index in [-0.39, 0.29) is 12.0 Å². The molecule has 0 bridgehead atoms. The summed E-state index contributed by atoms with van der Waals surface area (Å²) in [6, 6.07) is 6.75. The van der Waals surface area contributed by atoms with Crippen molar-refractivity contribution in [1.29, 1.82) is 5.26 Å². The molecule has 2 rings (SSSR count). The Balaban J connectivity index is 2.09. The van der Waals surface area contributed by atoms with Gasteiger partial charge in [0.25, 0.3) is 5.91 Å². The Morgan fingerprint density at radius 1 is 1.56 bits per heavy atom. The van der Waals surface area contributed by atoms with Crippen molar-refractivity contribution in [3.05, 3.63) is 28.8 Å². The average molecular weight is 265 g/mol. The van der Waals surface area contributed by atoms with Crippen LogP contribution < -0.4 is 5.32 Å². The molecule has 0 saturated carbocycles. The number of hydrogen-bond donors (Lipinski definition) is 1. The van der Waals surface area contributed by atoms with Gasteiger partial charge in [0.1, 0.15) is 6.10 Å². The monoisotopic (exact) mass is 264 g/mol. The molecule has 0 aliphatic carbocycles. The van der Waals surface area contributed by atoms with Gasteiger partial charge in [-0.05, 0) is 38.0 Å². The summed E-state index contributed by atoms with van der Waals surface area (Å²) in [5, 5.41) is 11.9. The van der Waals surface area contributed by atoms with Gasteiger partial charge >= 0.3 is 0 Å². The molecule has 1 aromatic rings. The van der Waals surface area contributed by atoms with Crippen LogP contribution >= 0.6 is 11.6 Å². The Bertz CT molecular complexity index is 510. The van der Waals surface area contributed by atoms with Crippen LogP contribution in [-0.4, -0.2) is 18.1 Å². The first-order valence-corrected chi connectivity index (χ1v) is 6.14. The molecule has 18 heavy (non-hydrogen) atoms. The number of anilines is 1. The lowest BCUT2D eigenvalue weighted by atomic mass is 10.2. The zero-order valence-electron chi connectivity index (χ0n) is 9.94. The summed E-state index contributed by atoms with van der Waals surface area (Å²) in [4.78, 5) is 11.9. The second kappa shape index (κ2) is 5.38. The summed E-state index contributed by atoms with van der Waals surface area (Å²) in [7, 11) is 0. The Morgan fingerprint density at radius 2 is 2.33 bits per heavy atom. The first-order valence-electron chi connectivity index (χ1n) is 5.76. The minimum atomic E-state index is -0.429. The van der Waals surface area contributed by atoms with Crippen LogP contribution in [0.25, 0.3) is 0 Å². The van der Waals surface area contributed by atoms with Crippen LogP contribution in [0.4, 0.5) is 5.69 Å². The molecule has 2 atom stereocenters. The SMILES string of the molecule is CC1CCC(C(=O)Nc2cc(C#N)ccc2Cl)O1. The van der Waals surface area contributed by atoms with Crippen LogP contribution in [0.15, 0.2) is 18.2 Å². The molecule has 1 amide bonds. The van der Waals surface area contributed by atoms with Gasteiger partial charge in [0.15, 0.2) is 0 Å². The molecule has 1 fully saturated rings. The zero-order chi connectivity index (χ0) is 13.1. The maximum atomic E-state index is 11.9. The first kappa shape index (κ1) is 12.9. The van der Waals surface area contributed by atoms with Crippen LogP contribution in [0.1, 0.15) is 25.3 Å². The first-order chi connectivity index (χ1) is 8.60. The van der Waals surface area contributed by atoms with E-state index in [1.165, 1.54) is 0 Å². The van der Waals surface area contributed by atoms with Crippen molar-refractivity contribution < 1.29 is 9.53 Å². The zero-order valence-corrected chi connectivity index (χ0v) is 10.7. The highest BCUT2D eigenvalue weighted by Gasteiger charge is 2.28. The van der Waals surface area contributed by atoms with Gasteiger partial charge in [-0.2, -0.15) is 5.26 Å². The number of nitriles is 1. The summed E-state index contributed by atoms with van der Waals surface area (Å²) in [6.07, 6.45) is 1.27. The van der Waals surface area contributed by atoms with Gasteiger partial charge in [-0.3, -0.25) is 4.79 Å². The molecule has 4 nitrogen and oxygen atoms in total. The lowest BCUT2D eigenvalue weighted by Crippen LogP contribution is -2.27. The molecule has 0 aromatic heterocycles. The minimum Gasteiger partial charge on any atom is -0.365 e. The van der Waals surface area contributed by atoms with Crippen LogP contribution in [0.3, 0.4) is 0 Å². The normalized spacial score (nSPS) is 22.5. The van der Waals surface area contributed by atoms with Crippen molar-refractivity contribution in [3.63, 3.8) is 0 Å². The summed E-state index contributed by atoms with van der Waals surface area (Å²) < 4.78 is 5.47. The number of carbonyl (C=O) groups excluding carboxylic acids is 1. The maximum Gasteiger partial charge on any atom is 0.253 e. The standard InChI is InChI=1S/C13H13ClN2O2/c1-8-2-5-12(18-8)13(17)16-11-6-9(7-15)3-4-10(11)14/h3-4,6,8,12H,2,5H2,1H3,(H,16,17). The van der Waals surface area contributed by atoms with E-state index in [2.05, 4.69) is 5.32 Å². The highest BCUT2D eigenvalue weighted by atomic mass is 35.5. The number of ether oxygens (including phenoxy) is 1. The third kappa shape index (κ3) is 2.81. The van der Waals surface area contributed by atoms with E-state index in [1.807, 2.05) is 13.0 Å². The van der Waals surface area contributed by atoms with Gasteiger partial charge in [0, 0.05) is 0 Å². The van der Waals surface area contributed by atoms with Crippen molar-refractivity contribution in [2.75, 3.05) is 5.32 Å². The number of amides is 1. The fourth-order valence-electron chi connectivity index (χ4n) is 1.90. The molecule has 5 heteroatoms. The largest absolute Gasteiger partial charge is 0.365 e. The molecular formula is C13H13ClN2O2. The number of rotatable bonds is 2. The number of benzene rings is 1. The Hall–Kier alpha value is -1.57. The fourth-order valence-corrected chi connectivity index (χ4v) is 2.06. The topological polar surface area (TPSA) is 62.1 Å². The van der Waals surface area contributed by atoms with Crippen LogP contribution in [0.2, 0.25) is 5.02 Å². The van der Waals surface area contributed by atoms with E-state index < -0.39 is 6.10 Å². The van der Waals surface area contributed by atoms with E-state index >= 15 is 0 Å². The minimum absolute atomic E-state index is 0.113. The Labute approximate surface area is 111 Å². The fraction of sp³-hybridized carbons (Fsp3) is 0.385. The molecule has 0 spiro atoms. The van der Waals surface area contributed by atoms with Gasteiger partial charge in [0.2, 0.25) is 0 Å². The number of hydrogen-bond acceptors (Lipinski definition) is 3. The predicted molar refractivity (Wildman–Crippen MR) is 68.4 cm³/mol. The number of carbonyl (C=O) groups is 1. The van der Waals surface area contributed by atoms with Gasteiger partial charge in [-0.15, -0.1) is 0 Å². The summed E-state index contributed by atoms with van der Waals surface area (Å²) in [6.45, 7) is 1.94. The average Bonchev–Trinajstić information content (AvgIpc) is 2.79. The van der Waals surface area contributed by atoms with Crippen molar-refractivity contribution in [2.24, 2.45) is 0 Å². The van der Waals surface area contributed by atoms with Crippen molar-refractivity contribution in [2.45, 2.75) is 32.0 Å². The number of nitrogens with zero attached hydrogens (tertiary/aromatic N) is 1. The quantitative estimate of drug-likeness (QED) is 0.893. The molecule has 1 N–H and O–H groups in total. The van der Waals surface area contributed by atoms with Gasteiger partial charge in [0.05, 0.1) is 28.4 Å². The van der Waals surface area contributed by atoms with E-state index in [9.17, 15) is 4.79 Å². The van der Waals surface area contributed by atoms with Gasteiger partial charge < -0.3 is 10.1 Å². The van der Waals surface area contributed by atoms with Gasteiger partial charge in [-0.1, -0.05) is 11.6 Å². The molecule has 1 heterocycles. The lowest BCUT2D eigenvalue weighted by molar-refractivity contribution is -0.126. The van der Waals surface area contributed by atoms with Crippen molar-refractivity contribution in [3.8, 4) is 6.07 Å². The maximum absolute atomic E-state index is 11.9. The van der Waals surface area contributed by atoms with Crippen molar-refractivity contribution >= 4 is 23.2 Å². The lowest BCUT2D eigenvalue weighted by Gasteiger charge is -2.12. The van der Waals surface area contributed by atoms with E-state index in [4.69, 9.17) is 21.6 Å². The highest BCUT2D eigenvalue weighted by Crippen LogP contribution is 2.25. The molecule has 1 aliphatic rings. The van der Waals surface area contributed by atoms with Crippen LogP contribution in [-0.2, 0) is 9.53 Å². The molecule has 1 aromatic carbocycles. The van der Waals surface area contributed by atoms with Crippen LogP contribution in [0.5, 0.6) is 0 Å². The highest BCUT2D eigenvalue weighted by molar-refractivity contribution is 6.33. The Kier molecular flexibility index (Phi) is 3.85. The second-order valence-corrected chi connectivity index (χ2v) is 4.72. The summed E-state index contributed by atoms with van der Waals surface area (Å²) in [5.41, 5.74) is 0.902. The smallest absolute Gasteiger partial charge is 0.253 e. The summed E-state index contributed by atoms with van der Waals surface area (Å²) in [5.74, 6) is -0.212.